The minimum Gasteiger partial charge on any atom is -0.305 e. The number of benzene rings is 1. The van der Waals surface area contributed by atoms with Crippen molar-refractivity contribution >= 4 is 11.7 Å². The van der Waals surface area contributed by atoms with Gasteiger partial charge < -0.3 is 5.32 Å². The van der Waals surface area contributed by atoms with E-state index in [1.807, 2.05) is 0 Å². The van der Waals surface area contributed by atoms with E-state index < -0.39 is 17.5 Å². The van der Waals surface area contributed by atoms with Gasteiger partial charge in [0, 0.05) is 24.0 Å². The summed E-state index contributed by atoms with van der Waals surface area (Å²) in [5.74, 6) is -2.12. The molecule has 2 heterocycles. The van der Waals surface area contributed by atoms with E-state index in [4.69, 9.17) is 0 Å². The molecule has 0 aliphatic heterocycles. The molecule has 110 valence electrons. The van der Waals surface area contributed by atoms with Gasteiger partial charge in [0.05, 0.1) is 11.3 Å². The Hall–Kier alpha value is -3.09. The fourth-order valence-corrected chi connectivity index (χ4v) is 1.92. The summed E-state index contributed by atoms with van der Waals surface area (Å²) in [6.07, 6.45) is 2.96. The van der Waals surface area contributed by atoms with Gasteiger partial charge in [0.1, 0.15) is 0 Å². The predicted molar refractivity (Wildman–Crippen MR) is 76.1 cm³/mol. The van der Waals surface area contributed by atoms with E-state index in [2.05, 4.69) is 20.5 Å². The molecule has 0 atom stereocenters. The summed E-state index contributed by atoms with van der Waals surface area (Å²) in [5, 5.41) is 8.97. The summed E-state index contributed by atoms with van der Waals surface area (Å²) in [7, 11) is 0. The van der Waals surface area contributed by atoms with Crippen LogP contribution in [0.15, 0.2) is 48.8 Å². The Balaban J connectivity index is 1.83. The molecule has 5 nitrogen and oxygen atoms in total. The van der Waals surface area contributed by atoms with Crippen LogP contribution in [0.4, 0.5) is 14.6 Å². The highest BCUT2D eigenvalue weighted by Crippen LogP contribution is 2.24. The van der Waals surface area contributed by atoms with Crippen molar-refractivity contribution in [2.75, 3.05) is 5.32 Å². The van der Waals surface area contributed by atoms with Gasteiger partial charge >= 0.3 is 0 Å². The van der Waals surface area contributed by atoms with Gasteiger partial charge in [-0.3, -0.25) is 14.9 Å². The Bertz CT molecular complexity index is 817. The van der Waals surface area contributed by atoms with Crippen LogP contribution in [-0.4, -0.2) is 21.1 Å². The molecule has 0 spiro atoms. The molecule has 0 fully saturated rings. The first kappa shape index (κ1) is 13.9. The van der Waals surface area contributed by atoms with Crippen molar-refractivity contribution in [2.24, 2.45) is 0 Å². The lowest BCUT2D eigenvalue weighted by Crippen LogP contribution is -2.12. The SMILES string of the molecule is O=C(Nc1cc(-c2cccc(F)c2F)[nH]n1)c1cccnc1. The highest BCUT2D eigenvalue weighted by atomic mass is 19.2. The topological polar surface area (TPSA) is 70.7 Å². The summed E-state index contributed by atoms with van der Waals surface area (Å²) >= 11 is 0. The summed E-state index contributed by atoms with van der Waals surface area (Å²) in [4.78, 5) is 15.8. The summed E-state index contributed by atoms with van der Waals surface area (Å²) in [6.45, 7) is 0. The Morgan fingerprint density at radius 1 is 1.18 bits per heavy atom. The Morgan fingerprint density at radius 2 is 2.05 bits per heavy atom. The lowest BCUT2D eigenvalue weighted by Gasteiger charge is -2.01. The molecule has 0 radical (unpaired) electrons. The van der Waals surface area contributed by atoms with Gasteiger partial charge in [-0.05, 0) is 24.3 Å². The van der Waals surface area contributed by atoms with E-state index in [1.54, 1.807) is 18.3 Å². The van der Waals surface area contributed by atoms with E-state index in [-0.39, 0.29) is 17.1 Å². The Kier molecular flexibility index (Phi) is 3.61. The number of amides is 1. The number of hydrogen-bond donors (Lipinski definition) is 2. The molecule has 3 aromatic rings. The average Bonchev–Trinajstić information content (AvgIpc) is 2.99. The third-order valence-electron chi connectivity index (χ3n) is 2.98. The minimum atomic E-state index is -0.976. The monoisotopic (exact) mass is 300 g/mol. The lowest BCUT2D eigenvalue weighted by molar-refractivity contribution is 0.102. The molecule has 0 saturated carbocycles. The number of aromatic nitrogens is 3. The van der Waals surface area contributed by atoms with Crippen LogP contribution in [0.25, 0.3) is 11.3 Å². The minimum absolute atomic E-state index is 0.0365. The molecule has 2 aromatic heterocycles. The van der Waals surface area contributed by atoms with Gasteiger partial charge in [-0.2, -0.15) is 5.10 Å². The third kappa shape index (κ3) is 2.69. The second kappa shape index (κ2) is 5.72. The van der Waals surface area contributed by atoms with Crippen molar-refractivity contribution in [3.05, 3.63) is 66.0 Å². The fourth-order valence-electron chi connectivity index (χ4n) is 1.92. The van der Waals surface area contributed by atoms with Crippen molar-refractivity contribution < 1.29 is 13.6 Å². The summed E-state index contributed by atoms with van der Waals surface area (Å²) < 4.78 is 26.9. The van der Waals surface area contributed by atoms with Crippen molar-refractivity contribution in [3.8, 4) is 11.3 Å². The average molecular weight is 300 g/mol. The molecule has 1 aromatic carbocycles. The number of aromatic amines is 1. The van der Waals surface area contributed by atoms with Crippen LogP contribution < -0.4 is 5.32 Å². The van der Waals surface area contributed by atoms with E-state index in [0.717, 1.165) is 6.07 Å². The smallest absolute Gasteiger partial charge is 0.258 e. The highest BCUT2D eigenvalue weighted by molar-refractivity contribution is 6.03. The molecule has 0 saturated heterocycles. The molecular formula is C15H10F2N4O. The third-order valence-corrected chi connectivity index (χ3v) is 2.98. The van der Waals surface area contributed by atoms with Gasteiger partial charge in [-0.25, -0.2) is 8.78 Å². The maximum atomic E-state index is 13.7. The number of anilines is 1. The summed E-state index contributed by atoms with van der Waals surface area (Å²) in [5.41, 5.74) is 0.664. The molecule has 1 amide bonds. The molecule has 3 rings (SSSR count). The normalized spacial score (nSPS) is 10.5. The molecule has 0 unspecified atom stereocenters. The van der Waals surface area contributed by atoms with Gasteiger partial charge in [0.2, 0.25) is 0 Å². The lowest BCUT2D eigenvalue weighted by atomic mass is 10.1. The second-order valence-electron chi connectivity index (χ2n) is 4.46. The largest absolute Gasteiger partial charge is 0.305 e. The summed E-state index contributed by atoms with van der Waals surface area (Å²) in [6, 6.07) is 8.49. The number of nitrogens with one attached hydrogen (secondary N) is 2. The number of carbonyl (C=O) groups is 1. The van der Waals surface area contributed by atoms with E-state index in [9.17, 15) is 13.6 Å². The maximum Gasteiger partial charge on any atom is 0.258 e. The van der Waals surface area contributed by atoms with Crippen LogP contribution >= 0.6 is 0 Å². The number of hydrogen-bond acceptors (Lipinski definition) is 3. The molecule has 0 aliphatic carbocycles. The van der Waals surface area contributed by atoms with Crippen LogP contribution in [0.2, 0.25) is 0 Å². The molecule has 22 heavy (non-hydrogen) atoms. The number of pyridine rings is 1. The number of nitrogens with zero attached hydrogens (tertiary/aromatic N) is 2. The number of halogens is 2. The van der Waals surface area contributed by atoms with Crippen LogP contribution in [0.1, 0.15) is 10.4 Å². The number of rotatable bonds is 3. The predicted octanol–water partition coefficient (Wildman–Crippen LogP) is 3.00. The fraction of sp³-hybridized carbons (Fsp3) is 0. The van der Waals surface area contributed by atoms with Crippen molar-refractivity contribution in [1.82, 2.24) is 15.2 Å². The van der Waals surface area contributed by atoms with E-state index in [1.165, 1.54) is 24.4 Å². The molecular weight excluding hydrogens is 290 g/mol. The van der Waals surface area contributed by atoms with Gasteiger partial charge in [-0.1, -0.05) is 6.07 Å². The zero-order chi connectivity index (χ0) is 15.5. The van der Waals surface area contributed by atoms with Crippen LogP contribution in [0.5, 0.6) is 0 Å². The van der Waals surface area contributed by atoms with Gasteiger partial charge in [0.25, 0.3) is 5.91 Å². The zero-order valence-corrected chi connectivity index (χ0v) is 11.2. The quantitative estimate of drug-likeness (QED) is 0.781. The van der Waals surface area contributed by atoms with E-state index >= 15 is 0 Å². The Labute approximate surface area is 124 Å². The van der Waals surface area contributed by atoms with Gasteiger partial charge in [0.15, 0.2) is 17.5 Å². The maximum absolute atomic E-state index is 13.7. The standard InChI is InChI=1S/C15H10F2N4O/c16-11-5-1-4-10(14(11)17)12-7-13(21-20-12)19-15(22)9-3-2-6-18-8-9/h1-8H,(H2,19,20,21,22). The molecule has 0 bridgehead atoms. The Morgan fingerprint density at radius 3 is 2.82 bits per heavy atom. The number of carbonyl (C=O) groups excluding carboxylic acids is 1. The van der Waals surface area contributed by atoms with Gasteiger partial charge in [-0.15, -0.1) is 0 Å². The zero-order valence-electron chi connectivity index (χ0n) is 11.2. The molecule has 7 heteroatoms. The second-order valence-corrected chi connectivity index (χ2v) is 4.46. The molecule has 2 N–H and O–H groups in total. The highest BCUT2D eigenvalue weighted by Gasteiger charge is 2.13. The number of H-pyrrole nitrogens is 1. The first-order chi connectivity index (χ1) is 10.6. The van der Waals surface area contributed by atoms with Crippen molar-refractivity contribution in [3.63, 3.8) is 0 Å². The van der Waals surface area contributed by atoms with Crippen molar-refractivity contribution in [2.45, 2.75) is 0 Å². The van der Waals surface area contributed by atoms with E-state index in [0.29, 0.717) is 5.56 Å². The van der Waals surface area contributed by atoms with Crippen LogP contribution in [0.3, 0.4) is 0 Å². The molecule has 0 aliphatic rings. The van der Waals surface area contributed by atoms with Crippen LogP contribution in [0, 0.1) is 11.6 Å². The van der Waals surface area contributed by atoms with Crippen LogP contribution in [-0.2, 0) is 0 Å². The van der Waals surface area contributed by atoms with Crippen molar-refractivity contribution in [1.29, 1.82) is 0 Å². The first-order valence-electron chi connectivity index (χ1n) is 6.36. The first-order valence-corrected chi connectivity index (χ1v) is 6.36.